The molecule has 0 fully saturated rings. The van der Waals surface area contributed by atoms with Gasteiger partial charge in [-0.25, -0.2) is 4.79 Å². The molecule has 2 rings (SSSR count). The zero-order valence-electron chi connectivity index (χ0n) is 9.96. The molecule has 1 aromatic heterocycles. The molecule has 0 bridgehead atoms. The molecule has 0 unspecified atom stereocenters. The fourth-order valence-corrected chi connectivity index (χ4v) is 1.83. The van der Waals surface area contributed by atoms with Gasteiger partial charge in [-0.15, -0.1) is 0 Å². The molecule has 1 aromatic carbocycles. The molecule has 0 aliphatic heterocycles. The number of hydrogen-bond donors (Lipinski definition) is 1. The van der Waals surface area contributed by atoms with Crippen molar-refractivity contribution in [2.45, 2.75) is 13.5 Å². The minimum atomic E-state index is -1.10. The number of hydrogen-bond acceptors (Lipinski definition) is 2. The van der Waals surface area contributed by atoms with Crippen LogP contribution in [0.15, 0.2) is 47.3 Å². The number of carboxylic acid groups (broad SMARTS) is 1. The molecule has 2 aromatic rings. The lowest BCUT2D eigenvalue weighted by Crippen LogP contribution is -2.25. The van der Waals surface area contributed by atoms with Crippen molar-refractivity contribution < 1.29 is 9.90 Å². The summed E-state index contributed by atoms with van der Waals surface area (Å²) in [5.74, 6) is -1.10. The highest BCUT2D eigenvalue weighted by Crippen LogP contribution is 2.09. The number of aryl methyl sites for hydroxylation is 1. The van der Waals surface area contributed by atoms with E-state index in [0.717, 1.165) is 11.1 Å². The van der Waals surface area contributed by atoms with Crippen molar-refractivity contribution in [3.63, 3.8) is 0 Å². The normalized spacial score (nSPS) is 10.3. The molecular formula is C14H13NO3. The Labute approximate surface area is 104 Å². The van der Waals surface area contributed by atoms with Crippen LogP contribution in [0.4, 0.5) is 0 Å². The van der Waals surface area contributed by atoms with Gasteiger partial charge < -0.3 is 5.11 Å². The highest BCUT2D eigenvalue weighted by molar-refractivity contribution is 5.85. The zero-order chi connectivity index (χ0) is 13.1. The molecule has 4 heteroatoms. The van der Waals surface area contributed by atoms with Crippen molar-refractivity contribution in [3.8, 4) is 0 Å². The van der Waals surface area contributed by atoms with E-state index in [1.165, 1.54) is 22.8 Å². The summed E-state index contributed by atoms with van der Waals surface area (Å²) >= 11 is 0. The topological polar surface area (TPSA) is 59.3 Å². The van der Waals surface area contributed by atoms with Crippen LogP contribution in [0.2, 0.25) is 0 Å². The van der Waals surface area contributed by atoms with Crippen molar-refractivity contribution >= 4 is 5.97 Å². The fourth-order valence-electron chi connectivity index (χ4n) is 1.83. The Morgan fingerprint density at radius 3 is 2.56 bits per heavy atom. The summed E-state index contributed by atoms with van der Waals surface area (Å²) < 4.78 is 1.27. The molecule has 1 N–H and O–H groups in total. The molecule has 4 nitrogen and oxygen atoms in total. The van der Waals surface area contributed by atoms with Crippen LogP contribution in [-0.4, -0.2) is 15.6 Å². The second-order valence-corrected chi connectivity index (χ2v) is 4.07. The maximum Gasteiger partial charge on any atom is 0.352 e. The molecule has 0 saturated heterocycles. The van der Waals surface area contributed by atoms with Crippen molar-refractivity contribution in [1.82, 2.24) is 4.57 Å². The van der Waals surface area contributed by atoms with Crippen molar-refractivity contribution in [2.75, 3.05) is 0 Å². The number of rotatable bonds is 3. The molecule has 0 saturated carbocycles. The molecule has 18 heavy (non-hydrogen) atoms. The number of carbonyl (C=O) groups is 1. The van der Waals surface area contributed by atoms with E-state index in [1.807, 2.05) is 31.2 Å². The van der Waals surface area contributed by atoms with Gasteiger partial charge in [0.1, 0.15) is 5.69 Å². The summed E-state index contributed by atoms with van der Waals surface area (Å²) in [7, 11) is 0. The van der Waals surface area contributed by atoms with E-state index in [1.54, 1.807) is 0 Å². The van der Waals surface area contributed by atoms with Gasteiger partial charge in [-0.3, -0.25) is 9.36 Å². The molecule has 0 amide bonds. The predicted molar refractivity (Wildman–Crippen MR) is 67.9 cm³/mol. The summed E-state index contributed by atoms with van der Waals surface area (Å²) in [4.78, 5) is 22.8. The highest BCUT2D eigenvalue weighted by Gasteiger charge is 2.11. The van der Waals surface area contributed by atoms with E-state index < -0.39 is 5.97 Å². The lowest BCUT2D eigenvalue weighted by Gasteiger charge is -2.11. The standard InChI is InChI=1S/C14H13NO3/c1-10-5-2-3-6-11(10)9-15-12(14(17)18)7-4-8-13(15)16/h2-8H,9H2,1H3,(H,17,18). The predicted octanol–water partition coefficient (Wildman–Crippen LogP) is 1.90. The third-order valence-corrected chi connectivity index (χ3v) is 2.86. The van der Waals surface area contributed by atoms with Gasteiger partial charge in [-0.05, 0) is 24.1 Å². The van der Waals surface area contributed by atoms with Crippen LogP contribution in [0, 0.1) is 6.92 Å². The van der Waals surface area contributed by atoms with E-state index >= 15 is 0 Å². The van der Waals surface area contributed by atoms with E-state index in [4.69, 9.17) is 5.11 Å². The van der Waals surface area contributed by atoms with Gasteiger partial charge in [-0.2, -0.15) is 0 Å². The summed E-state index contributed by atoms with van der Waals surface area (Å²) in [6.07, 6.45) is 0. The highest BCUT2D eigenvalue weighted by atomic mass is 16.4. The number of pyridine rings is 1. The van der Waals surface area contributed by atoms with E-state index in [2.05, 4.69) is 0 Å². The molecule has 1 heterocycles. The quantitative estimate of drug-likeness (QED) is 0.895. The Kier molecular flexibility index (Phi) is 3.28. The Morgan fingerprint density at radius 2 is 1.89 bits per heavy atom. The maximum atomic E-state index is 11.8. The lowest BCUT2D eigenvalue weighted by molar-refractivity contribution is 0.0684. The lowest BCUT2D eigenvalue weighted by atomic mass is 10.1. The SMILES string of the molecule is Cc1ccccc1Cn1c(C(=O)O)cccc1=O. The first-order valence-electron chi connectivity index (χ1n) is 5.57. The van der Waals surface area contributed by atoms with Crippen LogP contribution in [0.1, 0.15) is 21.6 Å². The minimum Gasteiger partial charge on any atom is -0.477 e. The van der Waals surface area contributed by atoms with E-state index in [-0.39, 0.29) is 17.8 Å². The Hall–Kier alpha value is -2.36. The van der Waals surface area contributed by atoms with Crippen LogP contribution in [-0.2, 0) is 6.54 Å². The first-order valence-corrected chi connectivity index (χ1v) is 5.57. The van der Waals surface area contributed by atoms with Crippen LogP contribution < -0.4 is 5.56 Å². The van der Waals surface area contributed by atoms with Crippen molar-refractivity contribution in [2.24, 2.45) is 0 Å². The molecule has 92 valence electrons. The van der Waals surface area contributed by atoms with Gasteiger partial charge in [0, 0.05) is 6.07 Å². The summed E-state index contributed by atoms with van der Waals surface area (Å²) in [6, 6.07) is 11.9. The van der Waals surface area contributed by atoms with Crippen LogP contribution in [0.3, 0.4) is 0 Å². The molecule has 0 atom stereocenters. The van der Waals surface area contributed by atoms with Gasteiger partial charge in [0.15, 0.2) is 0 Å². The van der Waals surface area contributed by atoms with Gasteiger partial charge in [0.25, 0.3) is 5.56 Å². The molecule has 0 aliphatic rings. The fraction of sp³-hybridized carbons (Fsp3) is 0.143. The second kappa shape index (κ2) is 4.87. The average Bonchev–Trinajstić information content (AvgIpc) is 2.34. The number of aromatic nitrogens is 1. The third-order valence-electron chi connectivity index (χ3n) is 2.86. The van der Waals surface area contributed by atoms with Gasteiger partial charge >= 0.3 is 5.97 Å². The summed E-state index contributed by atoms with van der Waals surface area (Å²) in [5.41, 5.74) is 1.67. The van der Waals surface area contributed by atoms with Gasteiger partial charge in [-0.1, -0.05) is 30.3 Å². The Bertz CT molecular complexity index is 643. The maximum absolute atomic E-state index is 11.8. The molecular weight excluding hydrogens is 230 g/mol. The van der Waals surface area contributed by atoms with Crippen molar-refractivity contribution in [1.29, 1.82) is 0 Å². The van der Waals surface area contributed by atoms with E-state index in [9.17, 15) is 9.59 Å². The molecule has 0 spiro atoms. The minimum absolute atomic E-state index is 0.00533. The number of benzene rings is 1. The first-order chi connectivity index (χ1) is 8.59. The largest absolute Gasteiger partial charge is 0.477 e. The molecule has 0 aliphatic carbocycles. The number of aromatic carboxylic acids is 1. The van der Waals surface area contributed by atoms with E-state index in [0.29, 0.717) is 0 Å². The monoisotopic (exact) mass is 243 g/mol. The van der Waals surface area contributed by atoms with Gasteiger partial charge in [0.2, 0.25) is 0 Å². The smallest absolute Gasteiger partial charge is 0.352 e. The first kappa shape index (κ1) is 12.1. The Balaban J connectivity index is 2.50. The van der Waals surface area contributed by atoms with Crippen molar-refractivity contribution in [3.05, 3.63) is 69.6 Å². The van der Waals surface area contributed by atoms with Crippen LogP contribution in [0.25, 0.3) is 0 Å². The third kappa shape index (κ3) is 2.32. The zero-order valence-corrected chi connectivity index (χ0v) is 9.96. The van der Waals surface area contributed by atoms with Crippen LogP contribution >= 0.6 is 0 Å². The number of nitrogens with zero attached hydrogens (tertiary/aromatic N) is 1. The average molecular weight is 243 g/mol. The summed E-state index contributed by atoms with van der Waals surface area (Å²) in [6.45, 7) is 2.21. The molecule has 0 radical (unpaired) electrons. The Morgan fingerprint density at radius 1 is 1.17 bits per heavy atom. The second-order valence-electron chi connectivity index (χ2n) is 4.07. The van der Waals surface area contributed by atoms with Crippen LogP contribution in [0.5, 0.6) is 0 Å². The number of carboxylic acids is 1. The van der Waals surface area contributed by atoms with Gasteiger partial charge in [0.05, 0.1) is 6.54 Å². The summed E-state index contributed by atoms with van der Waals surface area (Å²) in [5, 5.41) is 9.08.